The number of esters is 1. The Morgan fingerprint density at radius 2 is 0.762 bits per heavy atom. The molecular weight excluding hydrogens is 779 g/mol. The van der Waals surface area contributed by atoms with Crippen LogP contribution in [0.15, 0.2) is 12.2 Å². The molecule has 3 atom stereocenters. The Kier molecular flexibility index (Phi) is 50.4. The molecule has 0 aromatic carbocycles. The molecule has 0 aliphatic carbocycles. The van der Waals surface area contributed by atoms with Gasteiger partial charge in [0, 0.05) is 6.42 Å². The molecular formula is C57H111NO5. The number of ether oxygens (including phenoxy) is 1. The van der Waals surface area contributed by atoms with Gasteiger partial charge >= 0.3 is 5.97 Å². The number of carbonyl (C=O) groups excluding carboxylic acids is 2. The molecule has 1 amide bonds. The second kappa shape index (κ2) is 51.6. The number of allylic oxidation sites excluding steroid dienone is 2. The van der Waals surface area contributed by atoms with Gasteiger partial charge in [-0.3, -0.25) is 9.59 Å². The molecule has 0 radical (unpaired) electrons. The predicted octanol–water partition coefficient (Wildman–Crippen LogP) is 17.3. The predicted molar refractivity (Wildman–Crippen MR) is 273 cm³/mol. The number of carbonyl (C=O) groups is 2. The number of hydrogen-bond donors (Lipinski definition) is 3. The highest BCUT2D eigenvalue weighted by Crippen LogP contribution is 2.19. The van der Waals surface area contributed by atoms with Gasteiger partial charge in [-0.25, -0.2) is 0 Å². The summed E-state index contributed by atoms with van der Waals surface area (Å²) in [5.41, 5.74) is 0. The Bertz CT molecular complexity index is 955. The van der Waals surface area contributed by atoms with Crippen LogP contribution in [0.25, 0.3) is 0 Å². The number of nitrogens with one attached hydrogen (secondary N) is 1. The summed E-state index contributed by atoms with van der Waals surface area (Å²) in [7, 11) is 0. The van der Waals surface area contributed by atoms with Crippen LogP contribution >= 0.6 is 0 Å². The molecule has 0 saturated carbocycles. The van der Waals surface area contributed by atoms with Crippen LogP contribution in [0, 0.1) is 0 Å². The van der Waals surface area contributed by atoms with Gasteiger partial charge in [0.25, 0.3) is 0 Å². The van der Waals surface area contributed by atoms with Gasteiger partial charge < -0.3 is 20.3 Å². The van der Waals surface area contributed by atoms with E-state index in [1.54, 1.807) is 0 Å². The summed E-state index contributed by atoms with van der Waals surface area (Å²) in [5, 5.41) is 23.8. The summed E-state index contributed by atoms with van der Waals surface area (Å²) in [6.07, 6.45) is 58.5. The lowest BCUT2D eigenvalue weighted by Crippen LogP contribution is -2.46. The number of aliphatic hydroxyl groups excluding tert-OH is 2. The maximum Gasteiger partial charge on any atom is 0.306 e. The molecule has 0 heterocycles. The topological polar surface area (TPSA) is 95.9 Å². The van der Waals surface area contributed by atoms with E-state index < -0.39 is 18.2 Å². The molecule has 0 aromatic heterocycles. The molecule has 374 valence electrons. The van der Waals surface area contributed by atoms with Gasteiger partial charge in [-0.2, -0.15) is 0 Å². The monoisotopic (exact) mass is 890 g/mol. The zero-order chi connectivity index (χ0) is 45.9. The molecule has 3 N–H and O–H groups in total. The Morgan fingerprint density at radius 1 is 0.444 bits per heavy atom. The zero-order valence-corrected chi connectivity index (χ0v) is 42.7. The van der Waals surface area contributed by atoms with Gasteiger partial charge in [-0.05, 0) is 51.4 Å². The SMILES string of the molecule is CCCCCCCCC/C=C/CCCCCC(CC(=O)NC(CO)C(O)CCCCCCCCCCCCCCCC)OC(=O)CCCCCCCCCCCCCCCCCC. The fraction of sp³-hybridized carbons (Fsp3) is 0.930. The van der Waals surface area contributed by atoms with E-state index in [-0.39, 0.29) is 24.9 Å². The number of unbranched alkanes of at least 4 members (excludes halogenated alkanes) is 38. The van der Waals surface area contributed by atoms with Gasteiger partial charge in [-0.1, -0.05) is 264 Å². The van der Waals surface area contributed by atoms with Gasteiger partial charge in [0.05, 0.1) is 25.2 Å². The van der Waals surface area contributed by atoms with Crippen molar-refractivity contribution in [1.82, 2.24) is 5.32 Å². The summed E-state index contributed by atoms with van der Waals surface area (Å²) in [6.45, 7) is 6.52. The molecule has 3 unspecified atom stereocenters. The minimum atomic E-state index is -0.786. The second-order valence-corrected chi connectivity index (χ2v) is 19.7. The molecule has 0 saturated heterocycles. The molecule has 0 rings (SSSR count). The lowest BCUT2D eigenvalue weighted by atomic mass is 10.0. The standard InChI is InChI=1S/C57H111NO5/c1-4-7-10-13-16-19-22-25-28-29-32-35-38-41-44-47-50-57(62)63-53(48-45-42-39-36-33-30-26-23-20-17-14-11-8-5-2)51-56(61)58-54(52-59)55(60)49-46-43-40-37-34-31-27-24-21-18-15-12-9-6-3/h30,33,53-55,59-60H,4-29,31-32,34-52H2,1-3H3,(H,58,61)/b33-30+. The summed E-state index contributed by atoms with van der Waals surface area (Å²) >= 11 is 0. The molecule has 0 spiro atoms. The Labute approximate surface area is 393 Å². The summed E-state index contributed by atoms with van der Waals surface area (Å²) in [4.78, 5) is 26.2. The van der Waals surface area contributed by atoms with Crippen LogP contribution < -0.4 is 5.32 Å². The van der Waals surface area contributed by atoms with Crippen molar-refractivity contribution in [1.29, 1.82) is 0 Å². The molecule has 0 aliphatic heterocycles. The van der Waals surface area contributed by atoms with E-state index >= 15 is 0 Å². The lowest BCUT2D eigenvalue weighted by Gasteiger charge is -2.24. The number of aliphatic hydroxyl groups is 2. The normalized spacial score (nSPS) is 13.2. The first-order chi connectivity index (χ1) is 31.0. The Hall–Kier alpha value is -1.40. The summed E-state index contributed by atoms with van der Waals surface area (Å²) < 4.78 is 5.95. The third kappa shape index (κ3) is 46.9. The minimum absolute atomic E-state index is 0.0745. The fourth-order valence-corrected chi connectivity index (χ4v) is 9.02. The van der Waals surface area contributed by atoms with Crippen molar-refractivity contribution in [3.8, 4) is 0 Å². The first-order valence-electron chi connectivity index (χ1n) is 28.4. The third-order valence-electron chi connectivity index (χ3n) is 13.3. The number of hydrogen-bond acceptors (Lipinski definition) is 5. The molecule has 0 fully saturated rings. The van der Waals surface area contributed by atoms with Gasteiger partial charge in [0.2, 0.25) is 5.91 Å². The van der Waals surface area contributed by atoms with Crippen molar-refractivity contribution >= 4 is 11.9 Å². The van der Waals surface area contributed by atoms with E-state index in [4.69, 9.17) is 4.74 Å². The van der Waals surface area contributed by atoms with Crippen LogP contribution in [0.1, 0.15) is 316 Å². The van der Waals surface area contributed by atoms with Crippen LogP contribution in [-0.2, 0) is 14.3 Å². The highest BCUT2D eigenvalue weighted by atomic mass is 16.5. The number of rotatable bonds is 52. The first kappa shape index (κ1) is 61.6. The first-order valence-corrected chi connectivity index (χ1v) is 28.4. The quantitative estimate of drug-likeness (QED) is 0.0321. The van der Waals surface area contributed by atoms with Crippen LogP contribution in [0.2, 0.25) is 0 Å². The van der Waals surface area contributed by atoms with Crippen molar-refractivity contribution in [3.05, 3.63) is 12.2 Å². The summed E-state index contributed by atoms with van der Waals surface area (Å²) in [6, 6.07) is -0.700. The fourth-order valence-electron chi connectivity index (χ4n) is 9.02. The van der Waals surface area contributed by atoms with Crippen molar-refractivity contribution in [3.63, 3.8) is 0 Å². The van der Waals surface area contributed by atoms with Crippen LogP contribution in [-0.4, -0.2) is 46.9 Å². The molecule has 0 bridgehead atoms. The Balaban J connectivity index is 4.52. The highest BCUT2D eigenvalue weighted by molar-refractivity contribution is 5.77. The van der Waals surface area contributed by atoms with E-state index in [0.29, 0.717) is 19.3 Å². The van der Waals surface area contributed by atoms with Crippen molar-refractivity contribution < 1.29 is 24.5 Å². The maximum absolute atomic E-state index is 13.2. The van der Waals surface area contributed by atoms with Crippen molar-refractivity contribution in [2.45, 2.75) is 334 Å². The van der Waals surface area contributed by atoms with E-state index in [0.717, 1.165) is 57.8 Å². The third-order valence-corrected chi connectivity index (χ3v) is 13.3. The van der Waals surface area contributed by atoms with Gasteiger partial charge in [0.1, 0.15) is 6.10 Å². The van der Waals surface area contributed by atoms with Crippen LogP contribution in [0.5, 0.6) is 0 Å². The highest BCUT2D eigenvalue weighted by Gasteiger charge is 2.24. The van der Waals surface area contributed by atoms with Gasteiger partial charge in [-0.15, -0.1) is 0 Å². The smallest absolute Gasteiger partial charge is 0.306 e. The molecule has 6 nitrogen and oxygen atoms in total. The van der Waals surface area contributed by atoms with Crippen molar-refractivity contribution in [2.75, 3.05) is 6.61 Å². The molecule has 0 aliphatic rings. The molecule has 63 heavy (non-hydrogen) atoms. The average molecular weight is 891 g/mol. The zero-order valence-electron chi connectivity index (χ0n) is 42.7. The Morgan fingerprint density at radius 3 is 1.14 bits per heavy atom. The second-order valence-electron chi connectivity index (χ2n) is 19.7. The lowest BCUT2D eigenvalue weighted by molar-refractivity contribution is -0.151. The largest absolute Gasteiger partial charge is 0.462 e. The van der Waals surface area contributed by atoms with E-state index in [1.807, 2.05) is 0 Å². The van der Waals surface area contributed by atoms with E-state index in [2.05, 4.69) is 38.2 Å². The average Bonchev–Trinajstić information content (AvgIpc) is 3.28. The molecule has 0 aromatic rings. The van der Waals surface area contributed by atoms with Crippen LogP contribution in [0.4, 0.5) is 0 Å². The summed E-state index contributed by atoms with van der Waals surface area (Å²) in [5.74, 6) is -0.467. The molecule has 6 heteroatoms. The van der Waals surface area contributed by atoms with Crippen molar-refractivity contribution in [2.24, 2.45) is 0 Å². The van der Waals surface area contributed by atoms with E-state index in [1.165, 1.54) is 212 Å². The van der Waals surface area contributed by atoms with Crippen LogP contribution in [0.3, 0.4) is 0 Å². The number of amides is 1. The minimum Gasteiger partial charge on any atom is -0.462 e. The van der Waals surface area contributed by atoms with E-state index in [9.17, 15) is 19.8 Å². The van der Waals surface area contributed by atoms with Gasteiger partial charge in [0.15, 0.2) is 0 Å². The maximum atomic E-state index is 13.2.